The number of amides is 2. The maximum Gasteiger partial charge on any atom is 0.324 e. The number of cyclic esters (lactones) is 1. The number of benzene rings is 5. The molecule has 5 N–H and O–H groups in total. The molecule has 0 unspecified atom stereocenters. The van der Waals surface area contributed by atoms with Gasteiger partial charge in [-0.25, -0.2) is 0 Å². The van der Waals surface area contributed by atoms with E-state index in [9.17, 15) is 15.3 Å². The first-order valence-electron chi connectivity index (χ1n) is 21.9. The van der Waals surface area contributed by atoms with Crippen LogP contribution in [0.15, 0.2) is 133 Å². The lowest BCUT2D eigenvalue weighted by Crippen LogP contribution is -2.55. The van der Waals surface area contributed by atoms with Gasteiger partial charge in [0.05, 0.1) is 30.7 Å². The highest BCUT2D eigenvalue weighted by Gasteiger charge is 2.74. The van der Waals surface area contributed by atoms with Crippen molar-refractivity contribution in [1.29, 1.82) is 0 Å². The van der Waals surface area contributed by atoms with Crippen LogP contribution in [0.25, 0.3) is 0 Å². The second kappa shape index (κ2) is 17.8. The molecule has 1 aliphatic carbocycles. The van der Waals surface area contributed by atoms with E-state index >= 15 is 14.4 Å². The van der Waals surface area contributed by atoms with Crippen molar-refractivity contribution in [1.82, 2.24) is 10.2 Å². The lowest BCUT2D eigenvalue weighted by Gasteiger charge is -2.46. The summed E-state index contributed by atoms with van der Waals surface area (Å²) in [7, 11) is 0. The van der Waals surface area contributed by atoms with Crippen molar-refractivity contribution < 1.29 is 39.2 Å². The van der Waals surface area contributed by atoms with Crippen molar-refractivity contribution in [3.63, 3.8) is 0 Å². The second-order valence-corrected chi connectivity index (χ2v) is 17.0. The number of ether oxygens (including phenoxy) is 2. The van der Waals surface area contributed by atoms with E-state index in [4.69, 9.17) is 9.47 Å². The van der Waals surface area contributed by atoms with Crippen LogP contribution in [-0.2, 0) is 24.5 Å². The minimum Gasteiger partial charge on any atom is -0.491 e. The van der Waals surface area contributed by atoms with Crippen LogP contribution in [0.1, 0.15) is 96.2 Å². The highest BCUT2D eigenvalue weighted by molar-refractivity contribution is 6.12. The summed E-state index contributed by atoms with van der Waals surface area (Å²) in [6.45, 7) is -0.535. The lowest BCUT2D eigenvalue weighted by molar-refractivity contribution is -0.178. The molecule has 9 rings (SSSR count). The van der Waals surface area contributed by atoms with Crippen LogP contribution in [0.5, 0.6) is 5.75 Å². The molecular formula is C52H51N3O8. The highest BCUT2D eigenvalue weighted by atomic mass is 16.6. The van der Waals surface area contributed by atoms with Gasteiger partial charge in [0.15, 0.2) is 0 Å². The molecule has 5 aromatic rings. The minimum absolute atomic E-state index is 0.0519. The van der Waals surface area contributed by atoms with Crippen molar-refractivity contribution in [2.75, 3.05) is 25.1 Å². The molecule has 0 aromatic heterocycles. The summed E-state index contributed by atoms with van der Waals surface area (Å²) >= 11 is 0. The van der Waals surface area contributed by atoms with Gasteiger partial charge in [0, 0.05) is 23.4 Å². The Balaban J connectivity index is 1.29. The number of carbonyl (C=O) groups excluding carboxylic acids is 3. The van der Waals surface area contributed by atoms with Crippen LogP contribution < -0.4 is 15.4 Å². The van der Waals surface area contributed by atoms with Crippen molar-refractivity contribution >= 4 is 23.5 Å². The van der Waals surface area contributed by atoms with Crippen molar-refractivity contribution in [2.45, 2.75) is 79.9 Å². The van der Waals surface area contributed by atoms with Gasteiger partial charge in [-0.1, -0.05) is 134 Å². The van der Waals surface area contributed by atoms with Crippen LogP contribution in [0.3, 0.4) is 0 Å². The molecule has 11 nitrogen and oxygen atoms in total. The second-order valence-electron chi connectivity index (χ2n) is 17.0. The number of rotatable bonds is 10. The van der Waals surface area contributed by atoms with E-state index in [1.165, 1.54) is 0 Å². The largest absolute Gasteiger partial charge is 0.491 e. The quantitative estimate of drug-likeness (QED) is 0.0593. The first kappa shape index (κ1) is 42.0. The van der Waals surface area contributed by atoms with Gasteiger partial charge in [0.1, 0.15) is 35.5 Å². The summed E-state index contributed by atoms with van der Waals surface area (Å²) in [5.41, 5.74) is 1.03. The van der Waals surface area contributed by atoms with E-state index in [0.29, 0.717) is 46.5 Å². The standard InChI is InChI=1S/C52H51N3O8/c56-30-31-62-42-23-13-12-22-38(42)47-52(39-32-34(24-25-40(39)54-50(52)60)26-29-51(61)27-14-1-2-15-28-51)43(48(58)53-33-41(57)35-16-6-3-7-17-35)45-49(59)63-46(37-20-10-5-11-21-37)44(55(45)47)36-18-8-4-9-19-36/h3-13,16-25,32,41,43-47,56-57,61H,1-2,14-15,27-28,30-31,33H2,(H,53,58)(H,54,60)/t41-,43+,44+,45+,46-,47-,52+/m0/s1. The van der Waals surface area contributed by atoms with Crippen molar-refractivity contribution in [3.05, 3.63) is 167 Å². The smallest absolute Gasteiger partial charge is 0.324 e. The van der Waals surface area contributed by atoms with Crippen molar-refractivity contribution in [3.8, 4) is 17.6 Å². The Labute approximate surface area is 367 Å². The SMILES string of the molecule is O=C1O[C@@H](c2ccccc2)[C@@H](c2ccccc2)N2[C@@H](c3ccccc3OCCO)[C@]3(C(=O)Nc4ccc(C#CC5(O)CCCCCC5)cc43)[C@@H](C(=O)NC[C@H](O)c3ccccc3)[C@H]12. The lowest BCUT2D eigenvalue weighted by atomic mass is 9.65. The summed E-state index contributed by atoms with van der Waals surface area (Å²) in [6, 6.07) is 37.4. The number of aliphatic hydroxyl groups is 3. The van der Waals surface area contributed by atoms with Crippen LogP contribution in [0.4, 0.5) is 5.69 Å². The number of carbonyl (C=O) groups is 3. The van der Waals surface area contributed by atoms with Crippen molar-refractivity contribution in [2.24, 2.45) is 5.92 Å². The molecule has 0 bridgehead atoms. The first-order chi connectivity index (χ1) is 30.7. The maximum absolute atomic E-state index is 15.6. The molecule has 0 radical (unpaired) electrons. The predicted octanol–water partition coefficient (Wildman–Crippen LogP) is 6.62. The predicted molar refractivity (Wildman–Crippen MR) is 236 cm³/mol. The first-order valence-corrected chi connectivity index (χ1v) is 21.9. The number of morpholine rings is 1. The molecule has 5 aromatic carbocycles. The zero-order chi connectivity index (χ0) is 43.6. The Morgan fingerprint density at radius 1 is 0.841 bits per heavy atom. The number of hydrogen-bond donors (Lipinski definition) is 5. The Hall–Kier alpha value is -6.29. The number of fused-ring (bicyclic) bond motifs is 3. The van der Waals surface area contributed by atoms with E-state index in [1.54, 1.807) is 54.6 Å². The third-order valence-electron chi connectivity index (χ3n) is 13.2. The third kappa shape index (κ3) is 7.78. The van der Waals surface area contributed by atoms with Gasteiger partial charge in [0.2, 0.25) is 11.8 Å². The molecule has 4 aliphatic rings. The van der Waals surface area contributed by atoms with E-state index in [2.05, 4.69) is 22.5 Å². The zero-order valence-corrected chi connectivity index (χ0v) is 34.9. The summed E-state index contributed by atoms with van der Waals surface area (Å²) in [4.78, 5) is 48.2. The van der Waals surface area contributed by atoms with Gasteiger partial charge < -0.3 is 35.4 Å². The fourth-order valence-electron chi connectivity index (χ4n) is 10.4. The molecular weight excluding hydrogens is 795 g/mol. The average molecular weight is 846 g/mol. The third-order valence-corrected chi connectivity index (χ3v) is 13.2. The monoisotopic (exact) mass is 845 g/mol. The summed E-state index contributed by atoms with van der Waals surface area (Å²) < 4.78 is 12.8. The molecule has 1 saturated carbocycles. The van der Waals surface area contributed by atoms with E-state index in [-0.39, 0.29) is 19.8 Å². The van der Waals surface area contributed by atoms with Gasteiger partial charge >= 0.3 is 5.97 Å². The van der Waals surface area contributed by atoms with Gasteiger partial charge in [-0.15, -0.1) is 0 Å². The molecule has 2 saturated heterocycles. The average Bonchev–Trinajstić information content (AvgIpc) is 3.68. The topological polar surface area (TPSA) is 158 Å². The molecule has 7 atom stereocenters. The van der Waals surface area contributed by atoms with E-state index in [0.717, 1.165) is 36.8 Å². The maximum atomic E-state index is 15.6. The number of para-hydroxylation sites is 1. The molecule has 3 heterocycles. The van der Waals surface area contributed by atoms with Crippen LogP contribution in [-0.4, -0.2) is 69.4 Å². The van der Waals surface area contributed by atoms with Crippen LogP contribution in [0, 0.1) is 17.8 Å². The molecule has 3 fully saturated rings. The molecule has 2 amide bonds. The molecule has 63 heavy (non-hydrogen) atoms. The summed E-state index contributed by atoms with van der Waals surface area (Å²) in [5, 5.41) is 39.0. The van der Waals surface area contributed by atoms with E-state index < -0.39 is 65.1 Å². The fourth-order valence-corrected chi connectivity index (χ4v) is 10.4. The number of anilines is 1. The summed E-state index contributed by atoms with van der Waals surface area (Å²) in [5.74, 6) is 3.50. The van der Waals surface area contributed by atoms with Gasteiger partial charge in [-0.05, 0) is 72.2 Å². The van der Waals surface area contributed by atoms with E-state index in [1.807, 2.05) is 83.8 Å². The number of nitrogens with one attached hydrogen (secondary N) is 2. The molecule has 322 valence electrons. The number of nitrogens with zero attached hydrogens (tertiary/aromatic N) is 1. The Bertz CT molecular complexity index is 2520. The number of esters is 1. The zero-order valence-electron chi connectivity index (χ0n) is 34.9. The number of hydrogen-bond acceptors (Lipinski definition) is 9. The Morgan fingerprint density at radius 2 is 1.49 bits per heavy atom. The molecule has 11 heteroatoms. The van der Waals surface area contributed by atoms with Gasteiger partial charge in [-0.2, -0.15) is 0 Å². The normalized spacial score (nSPS) is 25.3. The fraction of sp³-hybridized carbons (Fsp3) is 0.327. The molecule has 1 spiro atoms. The Kier molecular flexibility index (Phi) is 11.9. The summed E-state index contributed by atoms with van der Waals surface area (Å²) in [6.07, 6.45) is 2.95. The number of aliphatic hydroxyl groups excluding tert-OH is 2. The van der Waals surface area contributed by atoms with Gasteiger partial charge in [0.25, 0.3) is 0 Å². The highest BCUT2D eigenvalue weighted by Crippen LogP contribution is 2.65. The van der Waals surface area contributed by atoms with Crippen LogP contribution >= 0.6 is 0 Å². The molecule has 3 aliphatic heterocycles. The van der Waals surface area contributed by atoms with Crippen LogP contribution in [0.2, 0.25) is 0 Å². The Morgan fingerprint density at radius 3 is 2.19 bits per heavy atom. The minimum atomic E-state index is -1.84. The van der Waals surface area contributed by atoms with Gasteiger partial charge in [-0.3, -0.25) is 19.3 Å².